The number of aromatic nitrogens is 1. The zero-order valence-corrected chi connectivity index (χ0v) is 13.8. The smallest absolute Gasteiger partial charge is 0.273 e. The van der Waals surface area contributed by atoms with E-state index in [1.807, 2.05) is 0 Å². The summed E-state index contributed by atoms with van der Waals surface area (Å²) in [5.74, 6) is 0. The average Bonchev–Trinajstić information content (AvgIpc) is 2.77. The zero-order valence-electron chi connectivity index (χ0n) is 10.6. The zero-order chi connectivity index (χ0) is 15.7. The van der Waals surface area contributed by atoms with Gasteiger partial charge in [0.1, 0.15) is 0 Å². The Morgan fingerprint density at radius 1 is 1.10 bits per heavy atom. The summed E-state index contributed by atoms with van der Waals surface area (Å²) in [4.78, 5) is 3.66. The van der Waals surface area contributed by atoms with E-state index in [0.29, 0.717) is 0 Å². The molecule has 7 nitrogen and oxygen atoms in total. The van der Waals surface area contributed by atoms with Gasteiger partial charge >= 0.3 is 0 Å². The number of benzene rings is 1. The highest BCUT2D eigenvalue weighted by Gasteiger charge is 2.19. The van der Waals surface area contributed by atoms with Gasteiger partial charge in [-0.2, -0.15) is 0 Å². The third kappa shape index (κ3) is 4.30. The standard InChI is InChI=1S/C10H10ClN3O4S3/c1-20(15,16)13-7-4-2-3-5-8(7)14-21(17,18)9-6-12-10(11)19-9/h2-6,13-14H,1H3. The predicted molar refractivity (Wildman–Crippen MR) is 82.8 cm³/mol. The number of rotatable bonds is 5. The van der Waals surface area contributed by atoms with Crippen molar-refractivity contribution in [2.45, 2.75) is 4.21 Å². The summed E-state index contributed by atoms with van der Waals surface area (Å²) in [6.45, 7) is 0. The van der Waals surface area contributed by atoms with Crippen LogP contribution >= 0.6 is 22.9 Å². The van der Waals surface area contributed by atoms with Gasteiger partial charge in [-0.3, -0.25) is 9.44 Å². The Hall–Kier alpha value is -1.36. The van der Waals surface area contributed by atoms with E-state index >= 15 is 0 Å². The summed E-state index contributed by atoms with van der Waals surface area (Å²) in [7, 11) is -7.42. The molecule has 21 heavy (non-hydrogen) atoms. The van der Waals surface area contributed by atoms with Crippen molar-refractivity contribution in [3.63, 3.8) is 0 Å². The van der Waals surface area contributed by atoms with E-state index in [4.69, 9.17) is 11.6 Å². The molecule has 0 bridgehead atoms. The van der Waals surface area contributed by atoms with Crippen LogP contribution in [0.25, 0.3) is 0 Å². The quantitative estimate of drug-likeness (QED) is 0.840. The summed E-state index contributed by atoms with van der Waals surface area (Å²) >= 11 is 6.41. The van der Waals surface area contributed by atoms with Crippen LogP contribution in [-0.4, -0.2) is 28.1 Å². The molecule has 1 aromatic heterocycles. The SMILES string of the molecule is CS(=O)(=O)Nc1ccccc1NS(=O)(=O)c1cnc(Cl)s1. The van der Waals surface area contributed by atoms with Crippen molar-refractivity contribution in [3.8, 4) is 0 Å². The third-order valence-corrected chi connectivity index (χ3v) is 5.72. The van der Waals surface area contributed by atoms with Gasteiger partial charge in [-0.05, 0) is 12.1 Å². The van der Waals surface area contributed by atoms with Gasteiger partial charge in [0.05, 0.1) is 23.8 Å². The maximum Gasteiger partial charge on any atom is 0.273 e. The first kappa shape index (κ1) is 16.0. The van der Waals surface area contributed by atoms with Crippen molar-refractivity contribution in [3.05, 3.63) is 34.9 Å². The minimum atomic E-state index is -3.88. The normalized spacial score (nSPS) is 12.1. The largest absolute Gasteiger partial charge is 0.282 e. The molecule has 2 N–H and O–H groups in total. The lowest BCUT2D eigenvalue weighted by Crippen LogP contribution is -2.15. The monoisotopic (exact) mass is 367 g/mol. The maximum absolute atomic E-state index is 12.2. The van der Waals surface area contributed by atoms with E-state index in [1.54, 1.807) is 12.1 Å². The fourth-order valence-electron chi connectivity index (χ4n) is 1.42. The highest BCUT2D eigenvalue weighted by atomic mass is 35.5. The van der Waals surface area contributed by atoms with Crippen LogP contribution in [0.2, 0.25) is 4.47 Å². The molecule has 1 heterocycles. The van der Waals surface area contributed by atoms with Gasteiger partial charge in [0.2, 0.25) is 10.0 Å². The maximum atomic E-state index is 12.2. The van der Waals surface area contributed by atoms with Crippen molar-refractivity contribution in [2.24, 2.45) is 0 Å². The Bertz CT molecular complexity index is 861. The molecule has 11 heteroatoms. The topological polar surface area (TPSA) is 105 Å². The van der Waals surface area contributed by atoms with Crippen LogP contribution < -0.4 is 9.44 Å². The molecular weight excluding hydrogens is 358 g/mol. The van der Waals surface area contributed by atoms with E-state index in [2.05, 4.69) is 14.4 Å². The van der Waals surface area contributed by atoms with Crippen LogP contribution in [0, 0.1) is 0 Å². The molecule has 0 unspecified atom stereocenters. The number of hydrogen-bond acceptors (Lipinski definition) is 6. The molecular formula is C10H10ClN3O4S3. The van der Waals surface area contributed by atoms with E-state index in [9.17, 15) is 16.8 Å². The van der Waals surface area contributed by atoms with Gasteiger partial charge in [0, 0.05) is 0 Å². The fourth-order valence-corrected chi connectivity index (χ4v) is 4.37. The van der Waals surface area contributed by atoms with E-state index in [1.165, 1.54) is 12.1 Å². The minimum absolute atomic E-state index is 0.0679. The van der Waals surface area contributed by atoms with Crippen molar-refractivity contribution < 1.29 is 16.8 Å². The Balaban J connectivity index is 2.36. The molecule has 1 aromatic carbocycles. The van der Waals surface area contributed by atoms with Gasteiger partial charge < -0.3 is 0 Å². The molecule has 0 aliphatic rings. The van der Waals surface area contributed by atoms with Crippen LogP contribution in [0.5, 0.6) is 0 Å². The predicted octanol–water partition coefficient (Wildman–Crippen LogP) is 1.97. The number of nitrogens with zero attached hydrogens (tertiary/aromatic N) is 1. The van der Waals surface area contributed by atoms with Gasteiger partial charge in [-0.25, -0.2) is 21.8 Å². The van der Waals surface area contributed by atoms with Crippen LogP contribution in [-0.2, 0) is 20.0 Å². The molecule has 2 rings (SSSR count). The van der Waals surface area contributed by atoms with Crippen LogP contribution in [0.1, 0.15) is 0 Å². The first-order valence-electron chi connectivity index (χ1n) is 5.38. The summed E-state index contributed by atoms with van der Waals surface area (Å²) in [6.07, 6.45) is 2.10. The number of hydrogen-bond donors (Lipinski definition) is 2. The first-order valence-corrected chi connectivity index (χ1v) is 9.95. The lowest BCUT2D eigenvalue weighted by Gasteiger charge is -2.12. The lowest BCUT2D eigenvalue weighted by atomic mass is 10.3. The number of thiazole rings is 1. The minimum Gasteiger partial charge on any atom is -0.282 e. The third-order valence-electron chi connectivity index (χ3n) is 2.19. The molecule has 0 atom stereocenters. The molecule has 0 aliphatic carbocycles. The van der Waals surface area contributed by atoms with E-state index in [-0.39, 0.29) is 20.1 Å². The van der Waals surface area contributed by atoms with Gasteiger partial charge in [-0.1, -0.05) is 35.1 Å². The number of para-hydroxylation sites is 2. The van der Waals surface area contributed by atoms with Gasteiger partial charge in [0.15, 0.2) is 8.68 Å². The van der Waals surface area contributed by atoms with E-state index < -0.39 is 20.0 Å². The Morgan fingerprint density at radius 2 is 1.67 bits per heavy atom. The van der Waals surface area contributed by atoms with Gasteiger partial charge in [0.25, 0.3) is 10.0 Å². The molecule has 0 saturated heterocycles. The van der Waals surface area contributed by atoms with Crippen molar-refractivity contribution in [1.29, 1.82) is 0 Å². The molecule has 114 valence electrons. The molecule has 0 amide bonds. The van der Waals surface area contributed by atoms with Crippen LogP contribution in [0.3, 0.4) is 0 Å². The van der Waals surface area contributed by atoms with Gasteiger partial charge in [-0.15, -0.1) is 0 Å². The Labute approximate surface area is 131 Å². The second-order valence-corrected chi connectivity index (χ2v) is 9.23. The summed E-state index contributed by atoms with van der Waals surface area (Å²) in [5.41, 5.74) is 0.228. The summed E-state index contributed by atoms with van der Waals surface area (Å²) in [5, 5.41) is 0. The fraction of sp³-hybridized carbons (Fsp3) is 0.100. The molecule has 2 aromatic rings. The van der Waals surface area contributed by atoms with Crippen molar-refractivity contribution in [2.75, 3.05) is 15.7 Å². The van der Waals surface area contributed by atoms with Crippen molar-refractivity contribution in [1.82, 2.24) is 4.98 Å². The average molecular weight is 368 g/mol. The van der Waals surface area contributed by atoms with Crippen LogP contribution in [0.4, 0.5) is 11.4 Å². The lowest BCUT2D eigenvalue weighted by molar-refractivity contribution is 0.602. The molecule has 0 saturated carbocycles. The number of nitrogens with one attached hydrogen (secondary N) is 2. The Kier molecular flexibility index (Phi) is 4.42. The van der Waals surface area contributed by atoms with Crippen molar-refractivity contribution >= 4 is 54.4 Å². The van der Waals surface area contributed by atoms with Crippen LogP contribution in [0.15, 0.2) is 34.7 Å². The molecule has 0 aliphatic heterocycles. The highest BCUT2D eigenvalue weighted by molar-refractivity contribution is 7.94. The Morgan fingerprint density at radius 3 is 2.14 bits per heavy atom. The molecule has 0 radical (unpaired) electrons. The molecule has 0 fully saturated rings. The molecule has 0 spiro atoms. The summed E-state index contributed by atoms with van der Waals surface area (Å²) < 4.78 is 51.4. The highest BCUT2D eigenvalue weighted by Crippen LogP contribution is 2.28. The second-order valence-electron chi connectivity index (χ2n) is 3.96. The number of sulfonamides is 2. The second kappa shape index (κ2) is 5.79. The summed E-state index contributed by atoms with van der Waals surface area (Å²) in [6, 6.07) is 6.03. The van der Waals surface area contributed by atoms with E-state index in [0.717, 1.165) is 23.8 Å². The number of halogens is 1. The number of anilines is 2. The first-order chi connectivity index (χ1) is 9.67.